The third kappa shape index (κ3) is 5.00. The molecule has 0 spiro atoms. The van der Waals surface area contributed by atoms with Gasteiger partial charge >= 0.3 is 0 Å². The number of benzene rings is 2. The van der Waals surface area contributed by atoms with Gasteiger partial charge in [0.05, 0.1) is 6.61 Å². The van der Waals surface area contributed by atoms with Crippen LogP contribution in [-0.4, -0.2) is 31.1 Å². The molecule has 5 nitrogen and oxygen atoms in total. The maximum absolute atomic E-state index is 13.5. The lowest BCUT2D eigenvalue weighted by molar-refractivity contribution is 0.340. The summed E-state index contributed by atoms with van der Waals surface area (Å²) in [6, 6.07) is 12.8. The Bertz CT molecular complexity index is 919. The van der Waals surface area contributed by atoms with Crippen LogP contribution in [0.3, 0.4) is 0 Å². The normalized spacial score (nSPS) is 11.6. The van der Waals surface area contributed by atoms with E-state index in [-0.39, 0.29) is 5.82 Å². The fourth-order valence-corrected chi connectivity index (χ4v) is 2.99. The van der Waals surface area contributed by atoms with E-state index in [0.29, 0.717) is 19.7 Å². The van der Waals surface area contributed by atoms with Gasteiger partial charge in [-0.25, -0.2) is 4.39 Å². The third-order valence-electron chi connectivity index (χ3n) is 4.31. The molecule has 3 aromatic rings. The van der Waals surface area contributed by atoms with Crippen LogP contribution < -0.4 is 15.4 Å². The van der Waals surface area contributed by atoms with Gasteiger partial charge in [-0.3, -0.25) is 4.99 Å². The first kappa shape index (κ1) is 18.8. The lowest BCUT2D eigenvalue weighted by Gasteiger charge is -2.12. The summed E-state index contributed by atoms with van der Waals surface area (Å²) in [5.41, 5.74) is 3.15. The van der Waals surface area contributed by atoms with Crippen LogP contribution in [0.1, 0.15) is 18.1 Å². The molecule has 0 saturated carbocycles. The van der Waals surface area contributed by atoms with Crippen LogP contribution in [-0.2, 0) is 13.0 Å². The minimum Gasteiger partial charge on any atom is -0.494 e. The number of hydrogen-bond acceptors (Lipinski definition) is 2. The highest BCUT2D eigenvalue weighted by Crippen LogP contribution is 2.19. The summed E-state index contributed by atoms with van der Waals surface area (Å²) >= 11 is 0. The molecule has 0 bridgehead atoms. The Labute approximate surface area is 158 Å². The molecule has 0 atom stereocenters. The zero-order chi connectivity index (χ0) is 19.1. The average molecular weight is 368 g/mol. The third-order valence-corrected chi connectivity index (χ3v) is 4.31. The molecule has 3 rings (SSSR count). The fraction of sp³-hybridized carbons (Fsp3) is 0.286. The number of aromatic amines is 1. The molecule has 27 heavy (non-hydrogen) atoms. The molecule has 1 heterocycles. The zero-order valence-corrected chi connectivity index (χ0v) is 15.7. The van der Waals surface area contributed by atoms with Gasteiger partial charge in [0.15, 0.2) is 5.96 Å². The summed E-state index contributed by atoms with van der Waals surface area (Å²) in [4.78, 5) is 7.43. The Hall–Kier alpha value is -3.02. The predicted octanol–water partition coefficient (Wildman–Crippen LogP) is 3.61. The Morgan fingerprint density at radius 3 is 2.89 bits per heavy atom. The summed E-state index contributed by atoms with van der Waals surface area (Å²) in [7, 11) is 1.74. The van der Waals surface area contributed by atoms with Crippen LogP contribution in [0.4, 0.5) is 4.39 Å². The first-order chi connectivity index (χ1) is 13.2. The number of guanidine groups is 1. The lowest BCUT2D eigenvalue weighted by Crippen LogP contribution is -2.37. The second kappa shape index (κ2) is 9.07. The molecule has 0 amide bonds. The minimum atomic E-state index is -0.219. The average Bonchev–Trinajstić information content (AvgIpc) is 3.07. The van der Waals surface area contributed by atoms with Crippen molar-refractivity contribution in [1.29, 1.82) is 0 Å². The highest BCUT2D eigenvalue weighted by molar-refractivity contribution is 5.83. The van der Waals surface area contributed by atoms with Gasteiger partial charge in [0.2, 0.25) is 0 Å². The van der Waals surface area contributed by atoms with Gasteiger partial charge in [-0.15, -0.1) is 0 Å². The number of nitrogens with one attached hydrogen (secondary N) is 3. The van der Waals surface area contributed by atoms with Crippen molar-refractivity contribution < 1.29 is 9.13 Å². The van der Waals surface area contributed by atoms with Gasteiger partial charge in [-0.1, -0.05) is 12.1 Å². The predicted molar refractivity (Wildman–Crippen MR) is 108 cm³/mol. The summed E-state index contributed by atoms with van der Waals surface area (Å²) in [5.74, 6) is 1.37. The molecule has 0 aliphatic rings. The van der Waals surface area contributed by atoms with Gasteiger partial charge in [0.1, 0.15) is 11.6 Å². The monoisotopic (exact) mass is 368 g/mol. The lowest BCUT2D eigenvalue weighted by atomic mass is 10.1. The number of aromatic nitrogens is 1. The van der Waals surface area contributed by atoms with E-state index in [1.165, 1.54) is 6.07 Å². The first-order valence-electron chi connectivity index (χ1n) is 9.11. The van der Waals surface area contributed by atoms with Gasteiger partial charge in [0, 0.05) is 37.2 Å². The molecule has 1 aromatic heterocycles. The topological polar surface area (TPSA) is 61.4 Å². The van der Waals surface area contributed by atoms with Gasteiger partial charge < -0.3 is 20.4 Å². The van der Waals surface area contributed by atoms with E-state index in [0.717, 1.165) is 40.2 Å². The van der Waals surface area contributed by atoms with Crippen LogP contribution in [0, 0.1) is 5.82 Å². The van der Waals surface area contributed by atoms with Crippen molar-refractivity contribution in [2.45, 2.75) is 19.9 Å². The summed E-state index contributed by atoms with van der Waals surface area (Å²) in [6.45, 7) is 3.97. The van der Waals surface area contributed by atoms with Gasteiger partial charge in [0.25, 0.3) is 0 Å². The highest BCUT2D eigenvalue weighted by Gasteiger charge is 2.06. The number of aliphatic imine (C=N–C) groups is 1. The quantitative estimate of drug-likeness (QED) is 0.441. The largest absolute Gasteiger partial charge is 0.494 e. The van der Waals surface area contributed by atoms with Crippen molar-refractivity contribution in [2.24, 2.45) is 4.99 Å². The maximum Gasteiger partial charge on any atom is 0.191 e. The number of fused-ring (bicyclic) bond motifs is 1. The first-order valence-corrected chi connectivity index (χ1v) is 9.11. The maximum atomic E-state index is 13.5. The van der Waals surface area contributed by atoms with E-state index in [1.54, 1.807) is 19.2 Å². The molecule has 6 heteroatoms. The van der Waals surface area contributed by atoms with Crippen molar-refractivity contribution >= 4 is 16.9 Å². The van der Waals surface area contributed by atoms with Crippen molar-refractivity contribution in [2.75, 3.05) is 20.2 Å². The van der Waals surface area contributed by atoms with E-state index in [1.807, 2.05) is 37.4 Å². The van der Waals surface area contributed by atoms with Crippen LogP contribution in [0.2, 0.25) is 0 Å². The number of ether oxygens (including phenoxy) is 1. The van der Waals surface area contributed by atoms with E-state index in [4.69, 9.17) is 4.74 Å². The zero-order valence-electron chi connectivity index (χ0n) is 15.7. The molecular weight excluding hydrogens is 343 g/mol. The summed E-state index contributed by atoms with van der Waals surface area (Å²) in [5, 5.41) is 7.52. The Kier molecular flexibility index (Phi) is 6.30. The molecule has 0 aliphatic heterocycles. The van der Waals surface area contributed by atoms with Crippen molar-refractivity contribution in [3.63, 3.8) is 0 Å². The molecule has 3 N–H and O–H groups in total. The van der Waals surface area contributed by atoms with Gasteiger partial charge in [-0.05, 0) is 54.8 Å². The van der Waals surface area contributed by atoms with E-state index in [2.05, 4.69) is 20.6 Å². The van der Waals surface area contributed by atoms with Crippen LogP contribution in [0.5, 0.6) is 5.75 Å². The second-order valence-corrected chi connectivity index (χ2v) is 6.19. The smallest absolute Gasteiger partial charge is 0.191 e. The Balaban J connectivity index is 1.52. The van der Waals surface area contributed by atoms with E-state index < -0.39 is 0 Å². The molecule has 0 radical (unpaired) electrons. The number of halogens is 1. The number of hydrogen-bond donors (Lipinski definition) is 3. The van der Waals surface area contributed by atoms with Crippen molar-refractivity contribution in [1.82, 2.24) is 15.6 Å². The number of H-pyrrole nitrogens is 1. The molecular formula is C21H25FN4O. The summed E-state index contributed by atoms with van der Waals surface area (Å²) < 4.78 is 19.0. The van der Waals surface area contributed by atoms with E-state index >= 15 is 0 Å². The second-order valence-electron chi connectivity index (χ2n) is 6.19. The standard InChI is InChI=1S/C21H25FN4O/c1-3-27-18-6-4-5-15(11-18)13-26-21(23-2)24-10-9-16-14-25-20-8-7-17(22)12-19(16)20/h4-8,11-12,14,25H,3,9-10,13H2,1-2H3,(H2,23,24,26). The van der Waals surface area contributed by atoms with E-state index in [9.17, 15) is 4.39 Å². The molecule has 142 valence electrons. The molecule has 0 fully saturated rings. The van der Waals surface area contributed by atoms with Gasteiger partial charge in [-0.2, -0.15) is 0 Å². The minimum absolute atomic E-state index is 0.219. The number of nitrogens with zero attached hydrogens (tertiary/aromatic N) is 1. The molecule has 0 saturated heterocycles. The SMILES string of the molecule is CCOc1cccc(CNC(=NC)NCCc2c[nH]c3ccc(F)cc23)c1. The summed E-state index contributed by atoms with van der Waals surface area (Å²) in [6.07, 6.45) is 2.70. The van der Waals surface area contributed by atoms with Crippen LogP contribution in [0.25, 0.3) is 10.9 Å². The molecule has 2 aromatic carbocycles. The molecule has 0 aliphatic carbocycles. The van der Waals surface area contributed by atoms with Crippen molar-refractivity contribution in [3.05, 3.63) is 65.6 Å². The highest BCUT2D eigenvalue weighted by atomic mass is 19.1. The Morgan fingerprint density at radius 1 is 1.19 bits per heavy atom. The number of rotatable bonds is 7. The van der Waals surface area contributed by atoms with Crippen LogP contribution >= 0.6 is 0 Å². The van der Waals surface area contributed by atoms with Crippen molar-refractivity contribution in [3.8, 4) is 5.75 Å². The fourth-order valence-electron chi connectivity index (χ4n) is 2.99. The Morgan fingerprint density at radius 2 is 2.07 bits per heavy atom. The molecule has 0 unspecified atom stereocenters. The van der Waals surface area contributed by atoms with Crippen LogP contribution in [0.15, 0.2) is 53.7 Å².